The van der Waals surface area contributed by atoms with Gasteiger partial charge in [-0.25, -0.2) is 0 Å². The standard InChI is InChI=1S/C14H18/c1-14(2,3)13-10-9-12(13)11-7-5-4-6-8-11/h4-8H,9-10H2,1-3H3. The molecular formula is C14H18. The minimum atomic E-state index is 0.351. The predicted octanol–water partition coefficient (Wildman–Crippen LogP) is 4.28. The van der Waals surface area contributed by atoms with E-state index in [1.807, 2.05) is 0 Å². The van der Waals surface area contributed by atoms with Gasteiger partial charge in [0.15, 0.2) is 0 Å². The molecule has 1 aliphatic rings. The molecule has 0 radical (unpaired) electrons. The minimum Gasteiger partial charge on any atom is -0.0622 e. The molecule has 74 valence electrons. The number of rotatable bonds is 1. The molecule has 1 aromatic carbocycles. The summed E-state index contributed by atoms with van der Waals surface area (Å²) in [7, 11) is 0. The maximum atomic E-state index is 2.31. The summed E-state index contributed by atoms with van der Waals surface area (Å²) in [5.74, 6) is 0. The van der Waals surface area contributed by atoms with Gasteiger partial charge in [0, 0.05) is 0 Å². The van der Waals surface area contributed by atoms with Crippen molar-refractivity contribution in [1.82, 2.24) is 0 Å². The van der Waals surface area contributed by atoms with Crippen LogP contribution in [-0.2, 0) is 0 Å². The van der Waals surface area contributed by atoms with Crippen LogP contribution in [0.4, 0.5) is 0 Å². The number of hydrogen-bond donors (Lipinski definition) is 0. The van der Waals surface area contributed by atoms with Crippen LogP contribution in [-0.4, -0.2) is 0 Å². The van der Waals surface area contributed by atoms with Crippen LogP contribution in [0.5, 0.6) is 0 Å². The number of benzene rings is 1. The van der Waals surface area contributed by atoms with Crippen molar-refractivity contribution in [2.24, 2.45) is 5.41 Å². The average Bonchev–Trinajstić information content (AvgIpc) is 2.00. The van der Waals surface area contributed by atoms with E-state index in [0.29, 0.717) is 5.41 Å². The normalized spacial score (nSPS) is 16.8. The van der Waals surface area contributed by atoms with Crippen LogP contribution in [0.15, 0.2) is 35.9 Å². The Hall–Kier alpha value is -1.04. The average molecular weight is 186 g/mol. The zero-order valence-electron chi connectivity index (χ0n) is 9.30. The number of allylic oxidation sites excluding steroid dienone is 2. The smallest absolute Gasteiger partial charge is 0.0167 e. The first-order chi connectivity index (χ1) is 6.59. The highest BCUT2D eigenvalue weighted by Gasteiger charge is 2.27. The van der Waals surface area contributed by atoms with Gasteiger partial charge in [-0.05, 0) is 29.4 Å². The van der Waals surface area contributed by atoms with Gasteiger partial charge in [0.25, 0.3) is 0 Å². The van der Waals surface area contributed by atoms with Crippen molar-refractivity contribution in [2.75, 3.05) is 0 Å². The third kappa shape index (κ3) is 1.61. The topological polar surface area (TPSA) is 0 Å². The van der Waals surface area contributed by atoms with Gasteiger partial charge < -0.3 is 0 Å². The van der Waals surface area contributed by atoms with Crippen LogP contribution < -0.4 is 0 Å². The lowest BCUT2D eigenvalue weighted by Crippen LogP contribution is -2.18. The van der Waals surface area contributed by atoms with Crippen molar-refractivity contribution in [3.05, 3.63) is 41.5 Å². The Bertz CT molecular complexity index is 349. The van der Waals surface area contributed by atoms with E-state index < -0.39 is 0 Å². The van der Waals surface area contributed by atoms with E-state index in [2.05, 4.69) is 51.1 Å². The van der Waals surface area contributed by atoms with E-state index in [1.54, 1.807) is 11.1 Å². The van der Waals surface area contributed by atoms with Crippen LogP contribution >= 0.6 is 0 Å². The van der Waals surface area contributed by atoms with Gasteiger partial charge in [-0.15, -0.1) is 0 Å². The summed E-state index contributed by atoms with van der Waals surface area (Å²) in [4.78, 5) is 0. The van der Waals surface area contributed by atoms with Crippen molar-refractivity contribution >= 4 is 5.57 Å². The molecule has 1 aromatic rings. The Kier molecular flexibility index (Phi) is 2.22. The van der Waals surface area contributed by atoms with Crippen LogP contribution in [0.25, 0.3) is 5.57 Å². The molecular weight excluding hydrogens is 168 g/mol. The van der Waals surface area contributed by atoms with Gasteiger partial charge in [0.2, 0.25) is 0 Å². The van der Waals surface area contributed by atoms with E-state index in [4.69, 9.17) is 0 Å². The molecule has 0 heteroatoms. The van der Waals surface area contributed by atoms with E-state index in [-0.39, 0.29) is 0 Å². The molecule has 0 amide bonds. The predicted molar refractivity (Wildman–Crippen MR) is 62.1 cm³/mol. The van der Waals surface area contributed by atoms with Crippen LogP contribution in [0, 0.1) is 5.41 Å². The Balaban J connectivity index is 2.38. The maximum absolute atomic E-state index is 2.31. The fraction of sp³-hybridized carbons (Fsp3) is 0.429. The highest BCUT2D eigenvalue weighted by Crippen LogP contribution is 2.45. The molecule has 0 heterocycles. The lowest BCUT2D eigenvalue weighted by molar-refractivity contribution is 0.468. The number of hydrogen-bond acceptors (Lipinski definition) is 0. The molecule has 14 heavy (non-hydrogen) atoms. The van der Waals surface area contributed by atoms with Crippen molar-refractivity contribution < 1.29 is 0 Å². The molecule has 0 aromatic heterocycles. The van der Waals surface area contributed by atoms with Gasteiger partial charge in [0.05, 0.1) is 0 Å². The largest absolute Gasteiger partial charge is 0.0622 e. The molecule has 0 N–H and O–H groups in total. The first-order valence-corrected chi connectivity index (χ1v) is 5.37. The second-order valence-electron chi connectivity index (χ2n) is 5.07. The van der Waals surface area contributed by atoms with Crippen molar-refractivity contribution in [3.8, 4) is 0 Å². The van der Waals surface area contributed by atoms with Crippen LogP contribution in [0.3, 0.4) is 0 Å². The lowest BCUT2D eigenvalue weighted by Gasteiger charge is -2.34. The Morgan fingerprint density at radius 2 is 1.57 bits per heavy atom. The quantitative estimate of drug-likeness (QED) is 0.614. The second kappa shape index (κ2) is 3.27. The molecule has 0 aliphatic heterocycles. The third-order valence-corrected chi connectivity index (χ3v) is 3.02. The molecule has 0 bridgehead atoms. The summed E-state index contributed by atoms with van der Waals surface area (Å²) in [5, 5.41) is 0. The van der Waals surface area contributed by atoms with E-state index >= 15 is 0 Å². The molecule has 2 rings (SSSR count). The summed E-state index contributed by atoms with van der Waals surface area (Å²) >= 11 is 0. The molecule has 0 spiro atoms. The van der Waals surface area contributed by atoms with Gasteiger partial charge in [-0.3, -0.25) is 0 Å². The SMILES string of the molecule is CC(C)(C)C1=C(c2ccccc2)CC1. The van der Waals surface area contributed by atoms with Gasteiger partial charge in [-0.2, -0.15) is 0 Å². The molecule has 0 nitrogen and oxygen atoms in total. The van der Waals surface area contributed by atoms with Crippen LogP contribution in [0.2, 0.25) is 0 Å². The Labute approximate surface area is 86.7 Å². The lowest BCUT2D eigenvalue weighted by atomic mass is 9.71. The molecule has 0 saturated heterocycles. The first kappa shape index (κ1) is 9.51. The fourth-order valence-corrected chi connectivity index (χ4v) is 2.16. The first-order valence-electron chi connectivity index (χ1n) is 5.37. The van der Waals surface area contributed by atoms with Gasteiger partial charge in [0.1, 0.15) is 0 Å². The van der Waals surface area contributed by atoms with Crippen LogP contribution in [0.1, 0.15) is 39.2 Å². The third-order valence-electron chi connectivity index (χ3n) is 3.02. The highest BCUT2D eigenvalue weighted by molar-refractivity contribution is 5.74. The highest BCUT2D eigenvalue weighted by atomic mass is 14.3. The van der Waals surface area contributed by atoms with Gasteiger partial charge in [-0.1, -0.05) is 56.7 Å². The summed E-state index contributed by atoms with van der Waals surface area (Å²) in [5.41, 5.74) is 4.99. The molecule has 0 atom stereocenters. The summed E-state index contributed by atoms with van der Waals surface area (Å²) in [6.45, 7) is 6.93. The van der Waals surface area contributed by atoms with E-state index in [0.717, 1.165) is 0 Å². The van der Waals surface area contributed by atoms with E-state index in [1.165, 1.54) is 18.4 Å². The molecule has 0 fully saturated rings. The maximum Gasteiger partial charge on any atom is -0.0167 e. The van der Waals surface area contributed by atoms with Gasteiger partial charge >= 0.3 is 0 Å². The summed E-state index contributed by atoms with van der Waals surface area (Å²) in [6, 6.07) is 10.8. The van der Waals surface area contributed by atoms with E-state index in [9.17, 15) is 0 Å². The fourth-order valence-electron chi connectivity index (χ4n) is 2.16. The zero-order valence-corrected chi connectivity index (χ0v) is 9.30. The summed E-state index contributed by atoms with van der Waals surface area (Å²) in [6.07, 6.45) is 2.55. The minimum absolute atomic E-state index is 0.351. The summed E-state index contributed by atoms with van der Waals surface area (Å²) < 4.78 is 0. The van der Waals surface area contributed by atoms with Crippen molar-refractivity contribution in [2.45, 2.75) is 33.6 Å². The second-order valence-corrected chi connectivity index (χ2v) is 5.07. The monoisotopic (exact) mass is 186 g/mol. The Morgan fingerprint density at radius 1 is 0.929 bits per heavy atom. The molecule has 0 saturated carbocycles. The van der Waals surface area contributed by atoms with Crippen molar-refractivity contribution in [3.63, 3.8) is 0 Å². The molecule has 0 unspecified atom stereocenters. The Morgan fingerprint density at radius 3 is 2.00 bits per heavy atom. The zero-order chi connectivity index (χ0) is 10.2. The molecule has 1 aliphatic carbocycles. The van der Waals surface area contributed by atoms with Crippen molar-refractivity contribution in [1.29, 1.82) is 0 Å².